The Morgan fingerprint density at radius 1 is 1.06 bits per heavy atom. The monoisotopic (exact) mass is 492 g/mol. The summed E-state index contributed by atoms with van der Waals surface area (Å²) in [4.78, 5) is 43.6. The van der Waals surface area contributed by atoms with E-state index in [-0.39, 0.29) is 40.4 Å². The summed E-state index contributed by atoms with van der Waals surface area (Å²) in [7, 11) is 0. The number of hydrogen-bond acceptors (Lipinski definition) is 7. The first-order chi connectivity index (χ1) is 17.5. The zero-order valence-corrected chi connectivity index (χ0v) is 20.5. The van der Waals surface area contributed by atoms with Crippen LogP contribution < -0.4 is 9.80 Å². The van der Waals surface area contributed by atoms with Crippen LogP contribution in [-0.2, 0) is 20.7 Å². The number of ether oxygens (including phenoxy) is 1. The number of benzene rings is 2. The number of hydrogen-bond donors (Lipinski definition) is 0. The first-order valence-corrected chi connectivity index (χ1v) is 12.8. The van der Waals surface area contributed by atoms with Gasteiger partial charge in [-0.15, -0.1) is 0 Å². The lowest BCUT2D eigenvalue weighted by molar-refractivity contribution is -0.384. The SMILES string of the molecule is CCOC(=O)C1CCN(C(=O)C2Cc3cc([N+](=O)[O-])ccc3N3CCN(c4ccccc4)CC23)CC1. The molecular formula is C27H32N4O5. The Bertz CT molecular complexity index is 1130. The standard InChI is InChI=1S/C27H32N4O5/c1-2-36-27(33)19-10-12-28(13-11-19)26(32)23-17-20-16-22(31(34)35)8-9-24(20)30-15-14-29(18-25(23)30)21-6-4-3-5-7-21/h3-9,16,19,23,25H,2,10-15,17-18H2,1H3. The number of fused-ring (bicyclic) bond motifs is 3. The summed E-state index contributed by atoms with van der Waals surface area (Å²) >= 11 is 0. The molecule has 9 heteroatoms. The molecule has 2 atom stereocenters. The number of non-ortho nitro benzene ring substituents is 1. The van der Waals surface area contributed by atoms with Crippen LogP contribution in [0.4, 0.5) is 17.1 Å². The zero-order chi connectivity index (χ0) is 25.2. The third-order valence-corrected chi connectivity index (χ3v) is 7.77. The van der Waals surface area contributed by atoms with Gasteiger partial charge in [0.1, 0.15) is 0 Å². The van der Waals surface area contributed by atoms with Gasteiger partial charge >= 0.3 is 5.97 Å². The van der Waals surface area contributed by atoms with Crippen molar-refractivity contribution in [3.63, 3.8) is 0 Å². The fraction of sp³-hybridized carbons (Fsp3) is 0.481. The summed E-state index contributed by atoms with van der Waals surface area (Å²) in [6.45, 7) is 5.46. The molecule has 36 heavy (non-hydrogen) atoms. The summed E-state index contributed by atoms with van der Waals surface area (Å²) in [6, 6.07) is 15.2. The van der Waals surface area contributed by atoms with Crippen molar-refractivity contribution < 1.29 is 19.2 Å². The van der Waals surface area contributed by atoms with Crippen LogP contribution in [0.5, 0.6) is 0 Å². The van der Waals surface area contributed by atoms with Crippen molar-refractivity contribution in [2.45, 2.75) is 32.2 Å². The molecule has 9 nitrogen and oxygen atoms in total. The second-order valence-corrected chi connectivity index (χ2v) is 9.77. The van der Waals surface area contributed by atoms with Gasteiger partial charge in [0, 0.05) is 56.2 Å². The van der Waals surface area contributed by atoms with E-state index in [1.807, 2.05) is 29.2 Å². The molecule has 5 rings (SSSR count). The maximum Gasteiger partial charge on any atom is 0.309 e. The number of anilines is 2. The van der Waals surface area contributed by atoms with Crippen molar-refractivity contribution in [3.05, 3.63) is 64.2 Å². The molecular weight excluding hydrogens is 460 g/mol. The van der Waals surface area contributed by atoms with Gasteiger partial charge in [0.2, 0.25) is 5.91 Å². The van der Waals surface area contributed by atoms with Crippen molar-refractivity contribution in [1.29, 1.82) is 0 Å². The fourth-order valence-corrected chi connectivity index (χ4v) is 5.91. The van der Waals surface area contributed by atoms with E-state index in [9.17, 15) is 19.7 Å². The predicted octanol–water partition coefficient (Wildman–Crippen LogP) is 3.26. The van der Waals surface area contributed by atoms with E-state index in [2.05, 4.69) is 21.9 Å². The molecule has 0 saturated carbocycles. The van der Waals surface area contributed by atoms with Gasteiger partial charge < -0.3 is 19.4 Å². The van der Waals surface area contributed by atoms with E-state index in [4.69, 9.17) is 4.74 Å². The molecule has 0 aliphatic carbocycles. The highest BCUT2D eigenvalue weighted by molar-refractivity contribution is 5.83. The number of piperidine rings is 1. The van der Waals surface area contributed by atoms with Gasteiger partial charge in [-0.25, -0.2) is 0 Å². The minimum absolute atomic E-state index is 0.0387. The Labute approximate surface area is 210 Å². The molecule has 190 valence electrons. The first-order valence-electron chi connectivity index (χ1n) is 12.8. The van der Waals surface area contributed by atoms with Crippen LogP contribution in [0.1, 0.15) is 25.3 Å². The van der Waals surface area contributed by atoms with Crippen LogP contribution in [0.3, 0.4) is 0 Å². The number of para-hydroxylation sites is 1. The summed E-state index contributed by atoms with van der Waals surface area (Å²) < 4.78 is 5.18. The number of nitro groups is 1. The molecule has 2 saturated heterocycles. The molecule has 2 aromatic rings. The van der Waals surface area contributed by atoms with Crippen molar-refractivity contribution in [3.8, 4) is 0 Å². The van der Waals surface area contributed by atoms with Crippen LogP contribution in [0.15, 0.2) is 48.5 Å². The fourth-order valence-electron chi connectivity index (χ4n) is 5.91. The lowest BCUT2D eigenvalue weighted by Crippen LogP contribution is -2.62. The lowest BCUT2D eigenvalue weighted by Gasteiger charge is -2.50. The van der Waals surface area contributed by atoms with Crippen molar-refractivity contribution >= 4 is 28.9 Å². The van der Waals surface area contributed by atoms with Gasteiger partial charge in [-0.2, -0.15) is 0 Å². The first kappa shape index (κ1) is 24.1. The number of amides is 1. The molecule has 0 N–H and O–H groups in total. The number of rotatable bonds is 5. The number of nitrogens with zero attached hydrogens (tertiary/aromatic N) is 4. The largest absolute Gasteiger partial charge is 0.466 e. The van der Waals surface area contributed by atoms with E-state index >= 15 is 0 Å². The maximum atomic E-state index is 13.9. The maximum absolute atomic E-state index is 13.9. The molecule has 3 heterocycles. The van der Waals surface area contributed by atoms with Crippen LogP contribution >= 0.6 is 0 Å². The molecule has 3 aliphatic heterocycles. The van der Waals surface area contributed by atoms with Crippen LogP contribution in [0.25, 0.3) is 0 Å². The van der Waals surface area contributed by atoms with Gasteiger partial charge in [-0.3, -0.25) is 19.7 Å². The Hall–Kier alpha value is -3.62. The normalized spacial score (nSPS) is 22.0. The molecule has 3 aliphatic rings. The Morgan fingerprint density at radius 3 is 2.50 bits per heavy atom. The van der Waals surface area contributed by atoms with E-state index < -0.39 is 0 Å². The van der Waals surface area contributed by atoms with E-state index in [0.717, 1.165) is 30.0 Å². The highest BCUT2D eigenvalue weighted by Crippen LogP contribution is 2.39. The molecule has 0 aromatic heterocycles. The quantitative estimate of drug-likeness (QED) is 0.359. The minimum Gasteiger partial charge on any atom is -0.466 e. The van der Waals surface area contributed by atoms with E-state index in [1.54, 1.807) is 19.1 Å². The van der Waals surface area contributed by atoms with Crippen molar-refractivity contribution in [2.75, 3.05) is 49.1 Å². The number of carbonyl (C=O) groups is 2. The van der Waals surface area contributed by atoms with Crippen molar-refractivity contribution in [1.82, 2.24) is 4.90 Å². The molecule has 2 unspecified atom stereocenters. The average molecular weight is 493 g/mol. The Balaban J connectivity index is 1.40. The van der Waals surface area contributed by atoms with Crippen LogP contribution in [0.2, 0.25) is 0 Å². The molecule has 0 radical (unpaired) electrons. The summed E-state index contributed by atoms with van der Waals surface area (Å²) in [5, 5.41) is 11.4. The van der Waals surface area contributed by atoms with E-state index in [1.165, 1.54) is 0 Å². The number of esters is 1. The predicted molar refractivity (Wildman–Crippen MR) is 136 cm³/mol. The lowest BCUT2D eigenvalue weighted by atomic mass is 9.82. The van der Waals surface area contributed by atoms with Crippen LogP contribution in [0, 0.1) is 22.0 Å². The summed E-state index contributed by atoms with van der Waals surface area (Å²) in [5.74, 6) is -0.589. The molecule has 2 fully saturated rings. The van der Waals surface area contributed by atoms with Gasteiger partial charge in [-0.1, -0.05) is 18.2 Å². The van der Waals surface area contributed by atoms with E-state index in [0.29, 0.717) is 45.5 Å². The van der Waals surface area contributed by atoms with Gasteiger partial charge in [0.05, 0.1) is 29.4 Å². The van der Waals surface area contributed by atoms with Crippen LogP contribution in [-0.4, -0.2) is 67.1 Å². The Morgan fingerprint density at radius 2 is 1.81 bits per heavy atom. The highest BCUT2D eigenvalue weighted by Gasteiger charge is 2.44. The second kappa shape index (κ2) is 10.2. The molecule has 1 amide bonds. The number of carbonyl (C=O) groups excluding carboxylic acids is 2. The third kappa shape index (κ3) is 4.62. The highest BCUT2D eigenvalue weighted by atomic mass is 16.6. The second-order valence-electron chi connectivity index (χ2n) is 9.77. The van der Waals surface area contributed by atoms with Gasteiger partial charge in [-0.05, 0) is 49.9 Å². The number of nitro benzene ring substituents is 1. The topological polar surface area (TPSA) is 96.2 Å². The van der Waals surface area contributed by atoms with Gasteiger partial charge in [0.15, 0.2) is 0 Å². The smallest absolute Gasteiger partial charge is 0.309 e. The van der Waals surface area contributed by atoms with Gasteiger partial charge in [0.25, 0.3) is 5.69 Å². The molecule has 0 spiro atoms. The zero-order valence-electron chi connectivity index (χ0n) is 20.5. The minimum atomic E-state index is -0.378. The number of piperazine rings is 1. The third-order valence-electron chi connectivity index (χ3n) is 7.77. The summed E-state index contributed by atoms with van der Waals surface area (Å²) in [5.41, 5.74) is 3.03. The summed E-state index contributed by atoms with van der Waals surface area (Å²) in [6.07, 6.45) is 1.67. The Kier molecular flexibility index (Phi) is 6.80. The van der Waals surface area contributed by atoms with Crippen molar-refractivity contribution in [2.24, 2.45) is 11.8 Å². The number of likely N-dealkylation sites (tertiary alicyclic amines) is 1. The molecule has 2 aromatic carbocycles. The molecule has 0 bridgehead atoms. The average Bonchev–Trinajstić information content (AvgIpc) is 2.92.